The zero-order valence-corrected chi connectivity index (χ0v) is 8.84. The zero-order valence-electron chi connectivity index (χ0n) is 8.03. The van der Waals surface area contributed by atoms with E-state index in [-0.39, 0.29) is 12.1 Å². The summed E-state index contributed by atoms with van der Waals surface area (Å²) in [5, 5.41) is 9.17. The van der Waals surface area contributed by atoms with Crippen molar-refractivity contribution >= 4 is 23.4 Å². The molecule has 2 rings (SSSR count). The van der Waals surface area contributed by atoms with Crippen LogP contribution >= 0.6 is 11.3 Å². The summed E-state index contributed by atoms with van der Waals surface area (Å²) < 4.78 is 0. The molecule has 0 aromatic carbocycles. The number of urea groups is 2. The number of rotatable bonds is 2. The standard InChI is InChI=1S/C9H11N3O2S/c13-8-10-2-3-12(8)9(14)11-5-7-1-4-15-6-7/h1,4,6H,2-3,5H2,(H,10,13)(H,11,14). The van der Waals surface area contributed by atoms with Gasteiger partial charge in [0.15, 0.2) is 0 Å². The van der Waals surface area contributed by atoms with Gasteiger partial charge in [0, 0.05) is 19.6 Å². The Morgan fingerprint density at radius 2 is 2.53 bits per heavy atom. The third kappa shape index (κ3) is 2.27. The molecule has 0 atom stereocenters. The van der Waals surface area contributed by atoms with E-state index < -0.39 is 0 Å². The predicted molar refractivity (Wildman–Crippen MR) is 56.7 cm³/mol. The molecule has 1 aromatic heterocycles. The molecule has 1 saturated heterocycles. The van der Waals surface area contributed by atoms with Gasteiger partial charge >= 0.3 is 12.1 Å². The number of imide groups is 1. The second-order valence-corrected chi connectivity index (χ2v) is 3.95. The molecule has 0 aliphatic carbocycles. The molecule has 1 aromatic rings. The van der Waals surface area contributed by atoms with E-state index in [9.17, 15) is 9.59 Å². The lowest BCUT2D eigenvalue weighted by atomic mass is 10.3. The van der Waals surface area contributed by atoms with Crippen molar-refractivity contribution in [3.05, 3.63) is 22.4 Å². The largest absolute Gasteiger partial charge is 0.336 e. The van der Waals surface area contributed by atoms with Crippen LogP contribution in [0.5, 0.6) is 0 Å². The summed E-state index contributed by atoms with van der Waals surface area (Å²) in [5.41, 5.74) is 1.05. The quantitative estimate of drug-likeness (QED) is 0.788. The molecular weight excluding hydrogens is 214 g/mol. The third-order valence-corrected chi connectivity index (χ3v) is 2.86. The van der Waals surface area contributed by atoms with Crippen LogP contribution in [-0.2, 0) is 6.54 Å². The van der Waals surface area contributed by atoms with Crippen molar-refractivity contribution in [1.82, 2.24) is 15.5 Å². The summed E-state index contributed by atoms with van der Waals surface area (Å²) in [6.45, 7) is 1.44. The van der Waals surface area contributed by atoms with Gasteiger partial charge in [0.2, 0.25) is 0 Å². The van der Waals surface area contributed by atoms with Gasteiger partial charge in [0.25, 0.3) is 0 Å². The molecule has 0 radical (unpaired) electrons. The van der Waals surface area contributed by atoms with E-state index in [0.29, 0.717) is 19.6 Å². The normalized spacial score (nSPS) is 15.2. The van der Waals surface area contributed by atoms with Crippen molar-refractivity contribution in [1.29, 1.82) is 0 Å². The number of hydrogen-bond acceptors (Lipinski definition) is 3. The van der Waals surface area contributed by atoms with Crippen molar-refractivity contribution in [3.8, 4) is 0 Å². The maximum Gasteiger partial charge on any atom is 0.325 e. The third-order valence-electron chi connectivity index (χ3n) is 2.13. The molecule has 0 bridgehead atoms. The summed E-state index contributed by atoms with van der Waals surface area (Å²) in [4.78, 5) is 23.8. The summed E-state index contributed by atoms with van der Waals surface area (Å²) in [6, 6.07) is 1.28. The van der Waals surface area contributed by atoms with E-state index in [1.54, 1.807) is 11.3 Å². The van der Waals surface area contributed by atoms with Crippen LogP contribution in [0.3, 0.4) is 0 Å². The highest BCUT2D eigenvalue weighted by molar-refractivity contribution is 7.07. The Morgan fingerprint density at radius 3 is 3.13 bits per heavy atom. The molecule has 1 aliphatic heterocycles. The highest BCUT2D eigenvalue weighted by Gasteiger charge is 2.25. The lowest BCUT2D eigenvalue weighted by Gasteiger charge is -2.12. The van der Waals surface area contributed by atoms with Crippen LogP contribution in [0.1, 0.15) is 5.56 Å². The minimum absolute atomic E-state index is 0.321. The summed E-state index contributed by atoms with van der Waals surface area (Å²) >= 11 is 1.58. The number of carbonyl (C=O) groups is 2. The van der Waals surface area contributed by atoms with Gasteiger partial charge < -0.3 is 10.6 Å². The number of carbonyl (C=O) groups excluding carboxylic acids is 2. The van der Waals surface area contributed by atoms with Crippen LogP contribution in [0.4, 0.5) is 9.59 Å². The molecule has 6 heteroatoms. The van der Waals surface area contributed by atoms with E-state index in [1.165, 1.54) is 4.90 Å². The maximum atomic E-state index is 11.5. The first-order chi connectivity index (χ1) is 7.27. The van der Waals surface area contributed by atoms with Crippen molar-refractivity contribution in [3.63, 3.8) is 0 Å². The van der Waals surface area contributed by atoms with Crippen LogP contribution in [-0.4, -0.2) is 30.1 Å². The Labute approximate surface area is 91.1 Å². The van der Waals surface area contributed by atoms with Crippen molar-refractivity contribution < 1.29 is 9.59 Å². The second kappa shape index (κ2) is 4.31. The lowest BCUT2D eigenvalue weighted by molar-refractivity contribution is 0.198. The van der Waals surface area contributed by atoms with Crippen molar-refractivity contribution in [2.45, 2.75) is 6.54 Å². The SMILES string of the molecule is O=C1NCCN1C(=O)NCc1ccsc1. The molecule has 0 spiro atoms. The van der Waals surface area contributed by atoms with E-state index in [1.807, 2.05) is 16.8 Å². The van der Waals surface area contributed by atoms with Crippen LogP contribution in [0.25, 0.3) is 0 Å². The van der Waals surface area contributed by atoms with E-state index in [0.717, 1.165) is 5.56 Å². The van der Waals surface area contributed by atoms with Crippen LogP contribution in [0.2, 0.25) is 0 Å². The molecule has 80 valence electrons. The Hall–Kier alpha value is -1.56. The molecule has 2 heterocycles. The van der Waals surface area contributed by atoms with Crippen molar-refractivity contribution in [2.24, 2.45) is 0 Å². The summed E-state index contributed by atoms with van der Waals surface area (Å²) in [7, 11) is 0. The highest BCUT2D eigenvalue weighted by Crippen LogP contribution is 2.05. The van der Waals surface area contributed by atoms with Gasteiger partial charge in [-0.2, -0.15) is 11.3 Å². The average Bonchev–Trinajstić information content (AvgIpc) is 2.84. The number of nitrogens with zero attached hydrogens (tertiary/aromatic N) is 1. The molecule has 4 amide bonds. The first kappa shape index (κ1) is 9.97. The maximum absolute atomic E-state index is 11.5. The van der Waals surface area contributed by atoms with E-state index in [2.05, 4.69) is 10.6 Å². The van der Waals surface area contributed by atoms with Crippen molar-refractivity contribution in [2.75, 3.05) is 13.1 Å². The van der Waals surface area contributed by atoms with Gasteiger partial charge in [-0.25, -0.2) is 14.5 Å². The molecule has 1 aliphatic rings. The Balaban J connectivity index is 1.84. The molecule has 2 N–H and O–H groups in total. The Morgan fingerprint density at radius 1 is 1.67 bits per heavy atom. The second-order valence-electron chi connectivity index (χ2n) is 3.17. The van der Waals surface area contributed by atoms with Gasteiger partial charge in [-0.3, -0.25) is 0 Å². The lowest BCUT2D eigenvalue weighted by Crippen LogP contribution is -2.41. The first-order valence-electron chi connectivity index (χ1n) is 4.61. The molecule has 15 heavy (non-hydrogen) atoms. The fraction of sp³-hybridized carbons (Fsp3) is 0.333. The van der Waals surface area contributed by atoms with Gasteiger partial charge in [0.1, 0.15) is 0 Å². The van der Waals surface area contributed by atoms with Crippen LogP contribution in [0.15, 0.2) is 16.8 Å². The minimum Gasteiger partial charge on any atom is -0.336 e. The number of amides is 4. The molecular formula is C9H11N3O2S. The average molecular weight is 225 g/mol. The number of thiophene rings is 1. The zero-order chi connectivity index (χ0) is 10.7. The van der Waals surface area contributed by atoms with E-state index in [4.69, 9.17) is 0 Å². The molecule has 5 nitrogen and oxygen atoms in total. The summed E-state index contributed by atoms with van der Waals surface area (Å²) in [6.07, 6.45) is 0. The van der Waals surface area contributed by atoms with Gasteiger partial charge in [-0.15, -0.1) is 0 Å². The molecule has 1 fully saturated rings. The van der Waals surface area contributed by atoms with Gasteiger partial charge in [0.05, 0.1) is 0 Å². The summed E-state index contributed by atoms with van der Waals surface area (Å²) in [5.74, 6) is 0. The highest BCUT2D eigenvalue weighted by atomic mass is 32.1. The van der Waals surface area contributed by atoms with E-state index >= 15 is 0 Å². The number of nitrogens with one attached hydrogen (secondary N) is 2. The monoisotopic (exact) mass is 225 g/mol. The van der Waals surface area contributed by atoms with Crippen LogP contribution in [0, 0.1) is 0 Å². The predicted octanol–water partition coefficient (Wildman–Crippen LogP) is 0.983. The topological polar surface area (TPSA) is 61.4 Å². The Kier molecular flexibility index (Phi) is 2.86. The Bertz CT molecular complexity index is 363. The van der Waals surface area contributed by atoms with Crippen LogP contribution < -0.4 is 10.6 Å². The van der Waals surface area contributed by atoms with Gasteiger partial charge in [-0.1, -0.05) is 0 Å². The first-order valence-corrected chi connectivity index (χ1v) is 5.56. The number of hydrogen-bond donors (Lipinski definition) is 2. The van der Waals surface area contributed by atoms with Gasteiger partial charge in [-0.05, 0) is 22.4 Å². The fourth-order valence-corrected chi connectivity index (χ4v) is 2.00. The molecule has 0 unspecified atom stereocenters. The fourth-order valence-electron chi connectivity index (χ4n) is 1.33. The minimum atomic E-state index is -0.337. The molecule has 0 saturated carbocycles. The smallest absolute Gasteiger partial charge is 0.325 e.